The Balaban J connectivity index is 1.88. The number of rotatable bonds is 9. The Morgan fingerprint density at radius 1 is 1.22 bits per heavy atom. The quantitative estimate of drug-likeness (QED) is 0.302. The number of nitrogens with zero attached hydrogens (tertiary/aromatic N) is 1. The summed E-state index contributed by atoms with van der Waals surface area (Å²) in [6.07, 6.45) is 5.95. The van der Waals surface area contributed by atoms with Gasteiger partial charge in [-0.05, 0) is 55.9 Å². The van der Waals surface area contributed by atoms with Gasteiger partial charge in [0.15, 0.2) is 5.96 Å². The zero-order chi connectivity index (χ0) is 19.5. The number of hydrogen-bond acceptors (Lipinski definition) is 4. The van der Waals surface area contributed by atoms with Crippen LogP contribution in [0.2, 0.25) is 0 Å². The van der Waals surface area contributed by atoms with Crippen molar-refractivity contribution in [3.8, 4) is 5.75 Å². The van der Waals surface area contributed by atoms with E-state index in [9.17, 15) is 9.90 Å². The van der Waals surface area contributed by atoms with Crippen molar-refractivity contribution in [2.45, 2.75) is 39.0 Å². The zero-order valence-corrected chi connectivity index (χ0v) is 16.4. The van der Waals surface area contributed by atoms with Crippen LogP contribution < -0.4 is 16.0 Å². The molecule has 0 radical (unpaired) electrons. The maximum atomic E-state index is 12.1. The Morgan fingerprint density at radius 3 is 2.56 bits per heavy atom. The van der Waals surface area contributed by atoms with E-state index in [4.69, 9.17) is 4.74 Å². The summed E-state index contributed by atoms with van der Waals surface area (Å²) in [5, 5.41) is 18.7. The summed E-state index contributed by atoms with van der Waals surface area (Å²) in [7, 11) is 1.74. The molecule has 0 aliphatic heterocycles. The number of phenolic OH excluding ortho intramolecular Hbond substituents is 1. The van der Waals surface area contributed by atoms with Gasteiger partial charge in [-0.2, -0.15) is 0 Å². The van der Waals surface area contributed by atoms with Crippen LogP contribution in [0.1, 0.15) is 39.0 Å². The van der Waals surface area contributed by atoms with Gasteiger partial charge in [0.25, 0.3) is 0 Å². The smallest absolute Gasteiger partial charge is 0.246 e. The standard InChI is InChI=1S/C20H32N4O3/c1-3-21-19(23-15-20(12-13-27-2)10-4-5-11-20)22-14-18(26)24-16-6-8-17(25)9-7-16/h6-9,25H,3-5,10-15H2,1-2H3,(H,24,26)(H2,21,22,23). The molecule has 0 saturated heterocycles. The molecule has 0 heterocycles. The summed E-state index contributed by atoms with van der Waals surface area (Å²) in [6.45, 7) is 4.37. The second kappa shape index (κ2) is 10.8. The highest BCUT2D eigenvalue weighted by atomic mass is 16.5. The predicted octanol–water partition coefficient (Wildman–Crippen LogP) is 2.48. The summed E-state index contributed by atoms with van der Waals surface area (Å²) in [5.41, 5.74) is 0.885. The van der Waals surface area contributed by atoms with Gasteiger partial charge in [0.2, 0.25) is 5.91 Å². The van der Waals surface area contributed by atoms with Crippen molar-refractivity contribution in [1.82, 2.24) is 10.6 Å². The molecule has 0 spiro atoms. The van der Waals surface area contributed by atoms with E-state index in [2.05, 4.69) is 20.9 Å². The van der Waals surface area contributed by atoms with Gasteiger partial charge in [-0.25, -0.2) is 4.99 Å². The second-order valence-electron chi connectivity index (χ2n) is 7.09. The Kier molecular flexibility index (Phi) is 8.39. The Hall–Kier alpha value is -2.28. The maximum absolute atomic E-state index is 12.1. The first-order valence-corrected chi connectivity index (χ1v) is 9.67. The minimum atomic E-state index is -0.201. The van der Waals surface area contributed by atoms with E-state index in [1.54, 1.807) is 19.2 Å². The molecule has 7 heteroatoms. The number of aliphatic imine (C=N–C) groups is 1. The van der Waals surface area contributed by atoms with Gasteiger partial charge >= 0.3 is 0 Å². The van der Waals surface area contributed by atoms with Gasteiger partial charge in [-0.1, -0.05) is 12.8 Å². The average molecular weight is 377 g/mol. The van der Waals surface area contributed by atoms with Gasteiger partial charge in [0.05, 0.1) is 0 Å². The molecule has 0 aromatic heterocycles. The first-order chi connectivity index (χ1) is 13.1. The molecule has 27 heavy (non-hydrogen) atoms. The van der Waals surface area contributed by atoms with E-state index in [1.165, 1.54) is 37.8 Å². The number of guanidine groups is 1. The molecule has 1 aliphatic carbocycles. The fraction of sp³-hybridized carbons (Fsp3) is 0.600. The molecule has 4 N–H and O–H groups in total. The van der Waals surface area contributed by atoms with Crippen molar-refractivity contribution in [3.63, 3.8) is 0 Å². The first-order valence-electron chi connectivity index (χ1n) is 9.67. The second-order valence-corrected chi connectivity index (χ2v) is 7.09. The number of methoxy groups -OCH3 is 1. The van der Waals surface area contributed by atoms with Gasteiger partial charge in [-0.15, -0.1) is 0 Å². The monoisotopic (exact) mass is 376 g/mol. The normalized spacial score (nSPS) is 16.1. The lowest BCUT2D eigenvalue weighted by molar-refractivity contribution is -0.114. The molecule has 2 rings (SSSR count). The average Bonchev–Trinajstić information content (AvgIpc) is 3.13. The maximum Gasteiger partial charge on any atom is 0.246 e. The fourth-order valence-corrected chi connectivity index (χ4v) is 3.47. The van der Waals surface area contributed by atoms with E-state index >= 15 is 0 Å². The summed E-state index contributed by atoms with van der Waals surface area (Å²) in [6, 6.07) is 6.37. The predicted molar refractivity (Wildman–Crippen MR) is 108 cm³/mol. The lowest BCUT2D eigenvalue weighted by atomic mass is 9.83. The summed E-state index contributed by atoms with van der Waals surface area (Å²) in [4.78, 5) is 16.5. The van der Waals surface area contributed by atoms with Crippen LogP contribution in [-0.4, -0.2) is 50.3 Å². The molecule has 0 bridgehead atoms. The number of benzene rings is 1. The van der Waals surface area contributed by atoms with E-state index in [0.29, 0.717) is 11.6 Å². The number of phenols is 1. The van der Waals surface area contributed by atoms with Crippen LogP contribution in [-0.2, 0) is 9.53 Å². The van der Waals surface area contributed by atoms with Gasteiger partial charge in [0.1, 0.15) is 12.3 Å². The molecule has 150 valence electrons. The van der Waals surface area contributed by atoms with Crippen molar-refractivity contribution >= 4 is 17.6 Å². The van der Waals surface area contributed by atoms with Crippen molar-refractivity contribution in [2.75, 3.05) is 38.7 Å². The van der Waals surface area contributed by atoms with Gasteiger partial charge in [0, 0.05) is 32.5 Å². The number of hydrogen-bond donors (Lipinski definition) is 4. The Labute approximate surface area is 161 Å². The van der Waals surface area contributed by atoms with E-state index in [1.807, 2.05) is 6.92 Å². The van der Waals surface area contributed by atoms with Crippen LogP contribution in [0, 0.1) is 5.41 Å². The van der Waals surface area contributed by atoms with E-state index in [0.717, 1.165) is 26.1 Å². The van der Waals surface area contributed by atoms with Crippen LogP contribution in [0.4, 0.5) is 5.69 Å². The molecular formula is C20H32N4O3. The van der Waals surface area contributed by atoms with Crippen LogP contribution in [0.5, 0.6) is 5.75 Å². The third kappa shape index (κ3) is 7.09. The van der Waals surface area contributed by atoms with Crippen molar-refractivity contribution < 1.29 is 14.6 Å². The Morgan fingerprint density at radius 2 is 1.93 bits per heavy atom. The van der Waals surface area contributed by atoms with Crippen LogP contribution in [0.25, 0.3) is 0 Å². The number of aromatic hydroxyl groups is 1. The largest absolute Gasteiger partial charge is 0.508 e. The molecule has 1 aromatic carbocycles. The number of ether oxygens (including phenoxy) is 1. The lowest BCUT2D eigenvalue weighted by Gasteiger charge is -2.29. The third-order valence-electron chi connectivity index (χ3n) is 5.01. The highest BCUT2D eigenvalue weighted by molar-refractivity contribution is 5.94. The number of nitrogens with one attached hydrogen (secondary N) is 3. The molecule has 0 atom stereocenters. The zero-order valence-electron chi connectivity index (χ0n) is 16.4. The minimum Gasteiger partial charge on any atom is -0.508 e. The van der Waals surface area contributed by atoms with Crippen LogP contribution in [0.15, 0.2) is 29.3 Å². The fourth-order valence-electron chi connectivity index (χ4n) is 3.47. The van der Waals surface area contributed by atoms with Crippen LogP contribution >= 0.6 is 0 Å². The van der Waals surface area contributed by atoms with Crippen molar-refractivity contribution in [2.24, 2.45) is 10.4 Å². The molecule has 0 unspecified atom stereocenters. The topological polar surface area (TPSA) is 95.0 Å². The van der Waals surface area contributed by atoms with Crippen LogP contribution in [0.3, 0.4) is 0 Å². The molecule has 1 amide bonds. The molecule has 1 saturated carbocycles. The number of carbonyl (C=O) groups is 1. The highest BCUT2D eigenvalue weighted by Crippen LogP contribution is 2.40. The van der Waals surface area contributed by atoms with Gasteiger partial charge < -0.3 is 25.8 Å². The van der Waals surface area contributed by atoms with E-state index in [-0.39, 0.29) is 23.6 Å². The summed E-state index contributed by atoms with van der Waals surface area (Å²) >= 11 is 0. The molecular weight excluding hydrogens is 344 g/mol. The summed E-state index contributed by atoms with van der Waals surface area (Å²) < 4.78 is 5.28. The number of amides is 1. The van der Waals surface area contributed by atoms with Crippen molar-refractivity contribution in [1.29, 1.82) is 0 Å². The first kappa shape index (κ1) is 21.0. The third-order valence-corrected chi connectivity index (χ3v) is 5.01. The van der Waals surface area contributed by atoms with Crippen molar-refractivity contribution in [3.05, 3.63) is 24.3 Å². The molecule has 1 fully saturated rings. The summed E-state index contributed by atoms with van der Waals surface area (Å²) in [5.74, 6) is 0.619. The minimum absolute atomic E-state index is 0.0290. The number of carbonyl (C=O) groups excluding carboxylic acids is 1. The Bertz CT molecular complexity index is 610. The number of anilines is 1. The SMILES string of the molecule is CCNC(=NCC(=O)Nc1ccc(O)cc1)NCC1(CCOC)CCCC1. The molecule has 1 aromatic rings. The highest BCUT2D eigenvalue weighted by Gasteiger charge is 2.33. The molecule has 1 aliphatic rings. The van der Waals surface area contributed by atoms with Gasteiger partial charge in [-0.3, -0.25) is 4.79 Å². The van der Waals surface area contributed by atoms with E-state index < -0.39 is 0 Å². The molecule has 7 nitrogen and oxygen atoms in total. The lowest BCUT2D eigenvalue weighted by Crippen LogP contribution is -2.43.